The second kappa shape index (κ2) is 6.58. The van der Waals surface area contributed by atoms with Gasteiger partial charge in [0.05, 0.1) is 6.20 Å². The third kappa shape index (κ3) is 5.34. The Morgan fingerprint density at radius 2 is 1.92 bits per heavy atom. The van der Waals surface area contributed by atoms with Crippen LogP contribution in [0.3, 0.4) is 0 Å². The molecule has 1 nitrogen and oxygen atoms in total. The average molecular weight is 183 g/mol. The average Bonchev–Trinajstić information content (AvgIpc) is 2.06. The molecule has 0 bridgehead atoms. The van der Waals surface area contributed by atoms with Gasteiger partial charge >= 0.3 is 0 Å². The molecule has 0 saturated carbocycles. The minimum absolute atomic E-state index is 0.247. The first-order valence-corrected chi connectivity index (χ1v) is 4.78. The maximum atomic E-state index is 12.6. The van der Waals surface area contributed by atoms with Crippen molar-refractivity contribution in [1.29, 1.82) is 0 Å². The third-order valence-corrected chi connectivity index (χ3v) is 1.41. The van der Waals surface area contributed by atoms with Crippen LogP contribution in [0.15, 0.2) is 18.5 Å². The van der Waals surface area contributed by atoms with Crippen molar-refractivity contribution in [3.05, 3.63) is 29.8 Å². The molecule has 0 spiro atoms. The second-order valence-corrected chi connectivity index (χ2v) is 3.11. The molecule has 0 aliphatic rings. The highest BCUT2D eigenvalue weighted by Gasteiger charge is 1.98. The van der Waals surface area contributed by atoms with Gasteiger partial charge in [-0.15, -0.1) is 0 Å². The van der Waals surface area contributed by atoms with Crippen molar-refractivity contribution < 1.29 is 4.39 Å². The van der Waals surface area contributed by atoms with Crippen LogP contribution >= 0.6 is 0 Å². The van der Waals surface area contributed by atoms with Crippen LogP contribution in [-0.2, 0) is 6.42 Å². The molecule has 0 aliphatic heterocycles. The number of nitrogens with zero attached hydrogens (tertiary/aromatic N) is 1. The Hall–Kier alpha value is -0.920. The van der Waals surface area contributed by atoms with E-state index in [9.17, 15) is 4.39 Å². The Kier molecular flexibility index (Phi) is 6.11. The molecule has 2 heteroatoms. The lowest BCUT2D eigenvalue weighted by atomic mass is 10.1. The van der Waals surface area contributed by atoms with E-state index in [2.05, 4.69) is 18.8 Å². The second-order valence-electron chi connectivity index (χ2n) is 3.11. The molecule has 0 radical (unpaired) electrons. The molecule has 1 aromatic rings. The summed E-state index contributed by atoms with van der Waals surface area (Å²) in [6.07, 6.45) is 3.83. The molecule has 0 aliphatic carbocycles. The highest BCUT2D eigenvalue weighted by Crippen LogP contribution is 2.07. The van der Waals surface area contributed by atoms with E-state index in [1.807, 2.05) is 13.8 Å². The van der Waals surface area contributed by atoms with Crippen LogP contribution in [0.2, 0.25) is 0 Å². The number of pyridine rings is 1. The van der Waals surface area contributed by atoms with Gasteiger partial charge in [0.1, 0.15) is 5.82 Å². The largest absolute Gasteiger partial charge is 0.261 e. The third-order valence-electron chi connectivity index (χ3n) is 1.41. The standard InChI is InChI=1S/C9H12FN.C2H6/c1-7(2)3-8-4-9(10)6-11-5-8;1-2/h4-7H,3H2,1-2H3;1-2H3. The molecular weight excluding hydrogens is 165 g/mol. The molecule has 0 N–H and O–H groups in total. The molecule has 0 unspecified atom stereocenters. The number of aromatic nitrogens is 1. The topological polar surface area (TPSA) is 12.9 Å². The summed E-state index contributed by atoms with van der Waals surface area (Å²) in [5.74, 6) is 0.307. The van der Waals surface area contributed by atoms with Crippen LogP contribution in [0.25, 0.3) is 0 Å². The van der Waals surface area contributed by atoms with E-state index in [1.54, 1.807) is 6.20 Å². The van der Waals surface area contributed by atoms with Gasteiger partial charge in [-0.25, -0.2) is 4.39 Å². The van der Waals surface area contributed by atoms with Gasteiger partial charge in [0.15, 0.2) is 0 Å². The molecule has 0 saturated heterocycles. The summed E-state index contributed by atoms with van der Waals surface area (Å²) in [7, 11) is 0. The van der Waals surface area contributed by atoms with Gasteiger partial charge in [-0.1, -0.05) is 27.7 Å². The Balaban J connectivity index is 0.000000671. The lowest BCUT2D eigenvalue weighted by Crippen LogP contribution is -1.95. The monoisotopic (exact) mass is 183 g/mol. The van der Waals surface area contributed by atoms with Crippen molar-refractivity contribution in [3.63, 3.8) is 0 Å². The molecule has 0 amide bonds. The summed E-state index contributed by atoms with van der Waals surface area (Å²) in [4.78, 5) is 3.76. The normalized spacial score (nSPS) is 9.38. The van der Waals surface area contributed by atoms with Gasteiger partial charge in [-0.05, 0) is 24.0 Å². The van der Waals surface area contributed by atoms with Crippen molar-refractivity contribution in [1.82, 2.24) is 4.98 Å². The molecule has 13 heavy (non-hydrogen) atoms. The predicted octanol–water partition coefficient (Wildman–Crippen LogP) is 3.45. The predicted molar refractivity (Wildman–Crippen MR) is 54.1 cm³/mol. The van der Waals surface area contributed by atoms with Gasteiger partial charge < -0.3 is 0 Å². The van der Waals surface area contributed by atoms with Crippen LogP contribution in [-0.4, -0.2) is 4.98 Å². The summed E-state index contributed by atoms with van der Waals surface area (Å²) < 4.78 is 12.6. The minimum atomic E-state index is -0.247. The fourth-order valence-corrected chi connectivity index (χ4v) is 1.04. The first-order chi connectivity index (χ1) is 6.18. The lowest BCUT2D eigenvalue weighted by Gasteiger charge is -2.02. The quantitative estimate of drug-likeness (QED) is 0.684. The number of halogens is 1. The van der Waals surface area contributed by atoms with Gasteiger partial charge in [0.2, 0.25) is 0 Å². The highest BCUT2D eigenvalue weighted by atomic mass is 19.1. The molecular formula is C11H18FN. The summed E-state index contributed by atoms with van der Waals surface area (Å²) in [6.45, 7) is 8.20. The Labute approximate surface area is 80.0 Å². The van der Waals surface area contributed by atoms with E-state index in [0.29, 0.717) is 5.92 Å². The lowest BCUT2D eigenvalue weighted by molar-refractivity contribution is 0.605. The van der Waals surface area contributed by atoms with E-state index < -0.39 is 0 Å². The molecule has 0 fully saturated rings. The maximum Gasteiger partial charge on any atom is 0.141 e. The van der Waals surface area contributed by atoms with Gasteiger partial charge in [-0.3, -0.25) is 4.98 Å². The molecule has 74 valence electrons. The van der Waals surface area contributed by atoms with Crippen molar-refractivity contribution in [2.75, 3.05) is 0 Å². The summed E-state index contributed by atoms with van der Waals surface area (Å²) >= 11 is 0. The van der Waals surface area contributed by atoms with Crippen molar-refractivity contribution in [3.8, 4) is 0 Å². The van der Waals surface area contributed by atoms with E-state index in [0.717, 1.165) is 12.0 Å². The summed E-state index contributed by atoms with van der Waals surface area (Å²) in [5.41, 5.74) is 0.972. The number of rotatable bonds is 2. The van der Waals surface area contributed by atoms with E-state index in [4.69, 9.17) is 0 Å². The van der Waals surface area contributed by atoms with Crippen LogP contribution in [0.5, 0.6) is 0 Å². The van der Waals surface area contributed by atoms with E-state index in [1.165, 1.54) is 12.3 Å². The van der Waals surface area contributed by atoms with Crippen LogP contribution in [0.1, 0.15) is 33.3 Å². The molecule has 1 aromatic heterocycles. The molecule has 0 atom stereocenters. The van der Waals surface area contributed by atoms with Crippen molar-refractivity contribution >= 4 is 0 Å². The van der Waals surface area contributed by atoms with E-state index >= 15 is 0 Å². The van der Waals surface area contributed by atoms with E-state index in [-0.39, 0.29) is 5.82 Å². The van der Waals surface area contributed by atoms with Crippen LogP contribution in [0.4, 0.5) is 4.39 Å². The molecule has 1 heterocycles. The fourth-order valence-electron chi connectivity index (χ4n) is 1.04. The zero-order chi connectivity index (χ0) is 10.3. The zero-order valence-electron chi connectivity index (χ0n) is 8.84. The van der Waals surface area contributed by atoms with Crippen molar-refractivity contribution in [2.45, 2.75) is 34.1 Å². The number of hydrogen-bond acceptors (Lipinski definition) is 1. The van der Waals surface area contributed by atoms with Crippen LogP contribution in [0, 0.1) is 11.7 Å². The minimum Gasteiger partial charge on any atom is -0.261 e. The summed E-state index contributed by atoms with van der Waals surface area (Å²) in [6, 6.07) is 1.53. The van der Waals surface area contributed by atoms with Gasteiger partial charge in [0, 0.05) is 6.20 Å². The van der Waals surface area contributed by atoms with Crippen molar-refractivity contribution in [2.24, 2.45) is 5.92 Å². The zero-order valence-corrected chi connectivity index (χ0v) is 8.84. The number of hydrogen-bond donors (Lipinski definition) is 0. The summed E-state index contributed by atoms with van der Waals surface area (Å²) in [5, 5.41) is 0. The maximum absolute atomic E-state index is 12.6. The van der Waals surface area contributed by atoms with Gasteiger partial charge in [0.25, 0.3) is 0 Å². The van der Waals surface area contributed by atoms with Crippen LogP contribution < -0.4 is 0 Å². The Morgan fingerprint density at radius 1 is 1.31 bits per heavy atom. The van der Waals surface area contributed by atoms with Gasteiger partial charge in [-0.2, -0.15) is 0 Å². The first kappa shape index (κ1) is 12.1. The molecule has 1 rings (SSSR count). The Morgan fingerprint density at radius 3 is 2.38 bits per heavy atom. The Bertz CT molecular complexity index is 233. The fraction of sp³-hybridized carbons (Fsp3) is 0.545. The smallest absolute Gasteiger partial charge is 0.141 e. The highest BCUT2D eigenvalue weighted by molar-refractivity contribution is 5.10. The molecule has 0 aromatic carbocycles. The first-order valence-electron chi connectivity index (χ1n) is 4.78. The SMILES string of the molecule is CC.CC(C)Cc1cncc(F)c1.